The van der Waals surface area contributed by atoms with Gasteiger partial charge in [0.05, 0.1) is 23.1 Å². The summed E-state index contributed by atoms with van der Waals surface area (Å²) in [7, 11) is -4.33. The third-order valence-corrected chi connectivity index (χ3v) is 3.28. The summed E-state index contributed by atoms with van der Waals surface area (Å²) >= 11 is 0. The zero-order valence-corrected chi connectivity index (χ0v) is 9.14. The standard InChI is InChI=1S/C9H7F3N2O2S/c10-9(11,12)7-3-1-2-4-8(7)17(15,16)14-6-5-13/h1-4,14H,6H2. The number of nitrogens with one attached hydrogen (secondary N) is 1. The first-order valence-corrected chi connectivity index (χ1v) is 5.80. The highest BCUT2D eigenvalue weighted by molar-refractivity contribution is 7.89. The number of nitriles is 1. The molecule has 0 aliphatic carbocycles. The van der Waals surface area contributed by atoms with Crippen molar-refractivity contribution in [1.29, 1.82) is 5.26 Å². The lowest BCUT2D eigenvalue weighted by molar-refractivity contribution is -0.139. The van der Waals surface area contributed by atoms with E-state index in [-0.39, 0.29) is 0 Å². The van der Waals surface area contributed by atoms with Crippen LogP contribution in [0, 0.1) is 11.3 Å². The monoisotopic (exact) mass is 264 g/mol. The minimum Gasteiger partial charge on any atom is -0.207 e. The fourth-order valence-corrected chi connectivity index (χ4v) is 2.28. The molecule has 92 valence electrons. The molecule has 0 saturated heterocycles. The van der Waals surface area contributed by atoms with Gasteiger partial charge >= 0.3 is 6.18 Å². The molecule has 17 heavy (non-hydrogen) atoms. The van der Waals surface area contributed by atoms with Gasteiger partial charge in [0.2, 0.25) is 10.0 Å². The van der Waals surface area contributed by atoms with Crippen molar-refractivity contribution in [2.75, 3.05) is 6.54 Å². The van der Waals surface area contributed by atoms with Crippen LogP contribution in [0.25, 0.3) is 0 Å². The zero-order chi connectivity index (χ0) is 13.1. The highest BCUT2D eigenvalue weighted by Crippen LogP contribution is 2.33. The minimum absolute atomic E-state index is 0.589. The van der Waals surface area contributed by atoms with Crippen LogP contribution >= 0.6 is 0 Å². The summed E-state index contributed by atoms with van der Waals surface area (Å²) in [5.74, 6) is 0. The lowest BCUT2D eigenvalue weighted by Gasteiger charge is -2.12. The molecular weight excluding hydrogens is 257 g/mol. The Morgan fingerprint density at radius 1 is 1.29 bits per heavy atom. The Morgan fingerprint density at radius 3 is 2.41 bits per heavy atom. The highest BCUT2D eigenvalue weighted by atomic mass is 32.2. The Hall–Kier alpha value is -1.59. The van der Waals surface area contributed by atoms with Gasteiger partial charge in [-0.25, -0.2) is 8.42 Å². The lowest BCUT2D eigenvalue weighted by atomic mass is 10.2. The summed E-state index contributed by atoms with van der Waals surface area (Å²) in [6.07, 6.45) is -4.77. The molecule has 0 fully saturated rings. The third-order valence-electron chi connectivity index (χ3n) is 1.82. The van der Waals surface area contributed by atoms with Crippen LogP contribution in [0.1, 0.15) is 5.56 Å². The molecule has 0 saturated carbocycles. The van der Waals surface area contributed by atoms with Crippen LogP contribution in [0.15, 0.2) is 29.2 Å². The predicted octanol–water partition coefficient (Wildman–Crippen LogP) is 1.51. The molecule has 0 atom stereocenters. The molecule has 1 aromatic carbocycles. The summed E-state index contributed by atoms with van der Waals surface area (Å²) in [5.41, 5.74) is -1.26. The zero-order valence-electron chi connectivity index (χ0n) is 8.32. The number of sulfonamides is 1. The molecule has 1 aromatic rings. The van der Waals surface area contributed by atoms with Crippen molar-refractivity contribution in [3.63, 3.8) is 0 Å². The summed E-state index contributed by atoms with van der Waals surface area (Å²) in [4.78, 5) is -0.886. The van der Waals surface area contributed by atoms with Gasteiger partial charge in [0, 0.05) is 0 Å². The first-order chi connectivity index (χ1) is 7.79. The maximum atomic E-state index is 12.5. The Kier molecular flexibility index (Phi) is 3.75. The average molecular weight is 264 g/mol. The van der Waals surface area contributed by atoms with Crippen molar-refractivity contribution in [3.8, 4) is 6.07 Å². The molecule has 0 heterocycles. The van der Waals surface area contributed by atoms with E-state index in [1.54, 1.807) is 4.72 Å². The fraction of sp³-hybridized carbons (Fsp3) is 0.222. The fourth-order valence-electron chi connectivity index (χ4n) is 1.14. The van der Waals surface area contributed by atoms with Crippen LogP contribution in [0.4, 0.5) is 13.2 Å². The second kappa shape index (κ2) is 4.73. The molecule has 0 bridgehead atoms. The van der Waals surface area contributed by atoms with Crippen LogP contribution in [0.5, 0.6) is 0 Å². The van der Waals surface area contributed by atoms with Gasteiger partial charge in [-0.3, -0.25) is 0 Å². The maximum Gasteiger partial charge on any atom is 0.417 e. The van der Waals surface area contributed by atoms with Gasteiger partial charge in [0.25, 0.3) is 0 Å². The molecule has 8 heteroatoms. The number of alkyl halides is 3. The topological polar surface area (TPSA) is 70.0 Å². The molecule has 0 radical (unpaired) electrons. The molecule has 0 aliphatic heterocycles. The Bertz CT molecular complexity index is 546. The Labute approximate surface area is 95.7 Å². The minimum atomic E-state index is -4.77. The van der Waals surface area contributed by atoms with E-state index in [0.29, 0.717) is 6.07 Å². The molecule has 0 unspecified atom stereocenters. The van der Waals surface area contributed by atoms with E-state index in [2.05, 4.69) is 0 Å². The van der Waals surface area contributed by atoms with Crippen LogP contribution in [0.2, 0.25) is 0 Å². The SMILES string of the molecule is N#CCNS(=O)(=O)c1ccccc1C(F)(F)F. The van der Waals surface area contributed by atoms with Gasteiger partial charge in [0.15, 0.2) is 0 Å². The van der Waals surface area contributed by atoms with Crippen LogP contribution in [-0.2, 0) is 16.2 Å². The van der Waals surface area contributed by atoms with Crippen molar-refractivity contribution in [2.24, 2.45) is 0 Å². The number of benzene rings is 1. The predicted molar refractivity (Wildman–Crippen MR) is 52.2 cm³/mol. The van der Waals surface area contributed by atoms with Crippen molar-refractivity contribution in [1.82, 2.24) is 4.72 Å². The van der Waals surface area contributed by atoms with Crippen molar-refractivity contribution in [2.45, 2.75) is 11.1 Å². The van der Waals surface area contributed by atoms with Crippen LogP contribution in [-0.4, -0.2) is 15.0 Å². The second-order valence-electron chi connectivity index (χ2n) is 2.98. The van der Waals surface area contributed by atoms with Gasteiger partial charge in [-0.05, 0) is 12.1 Å². The van der Waals surface area contributed by atoms with E-state index in [1.165, 1.54) is 12.1 Å². The number of rotatable bonds is 3. The molecule has 1 rings (SSSR count). The average Bonchev–Trinajstić information content (AvgIpc) is 2.25. The number of hydrogen-bond acceptors (Lipinski definition) is 3. The van der Waals surface area contributed by atoms with E-state index < -0.39 is 33.2 Å². The number of halogens is 3. The van der Waals surface area contributed by atoms with E-state index in [9.17, 15) is 21.6 Å². The smallest absolute Gasteiger partial charge is 0.207 e. The normalized spacial score (nSPS) is 12.1. The highest BCUT2D eigenvalue weighted by Gasteiger charge is 2.36. The molecule has 0 aromatic heterocycles. The van der Waals surface area contributed by atoms with Crippen molar-refractivity contribution < 1.29 is 21.6 Å². The van der Waals surface area contributed by atoms with Gasteiger partial charge in [-0.1, -0.05) is 12.1 Å². The Morgan fingerprint density at radius 2 is 1.88 bits per heavy atom. The number of hydrogen-bond donors (Lipinski definition) is 1. The maximum absolute atomic E-state index is 12.5. The second-order valence-corrected chi connectivity index (χ2v) is 4.71. The Balaban J connectivity index is 3.29. The number of nitrogens with zero attached hydrogens (tertiary/aromatic N) is 1. The molecule has 4 nitrogen and oxygen atoms in total. The van der Waals surface area contributed by atoms with E-state index in [1.807, 2.05) is 0 Å². The summed E-state index contributed by atoms with van der Waals surface area (Å²) < 4.78 is 62.4. The molecular formula is C9H7F3N2O2S. The van der Waals surface area contributed by atoms with Gasteiger partial charge in [0.1, 0.15) is 0 Å². The summed E-state index contributed by atoms with van der Waals surface area (Å²) in [5, 5.41) is 8.21. The first-order valence-electron chi connectivity index (χ1n) is 4.32. The largest absolute Gasteiger partial charge is 0.417 e. The lowest BCUT2D eigenvalue weighted by Crippen LogP contribution is -2.26. The first kappa shape index (κ1) is 13.5. The van der Waals surface area contributed by atoms with Crippen molar-refractivity contribution >= 4 is 10.0 Å². The van der Waals surface area contributed by atoms with Gasteiger partial charge < -0.3 is 0 Å². The van der Waals surface area contributed by atoms with Gasteiger partial charge in [-0.15, -0.1) is 0 Å². The molecule has 0 spiro atoms. The van der Waals surface area contributed by atoms with Gasteiger partial charge in [-0.2, -0.15) is 23.2 Å². The van der Waals surface area contributed by atoms with E-state index >= 15 is 0 Å². The summed E-state index contributed by atoms with van der Waals surface area (Å²) in [6, 6.07) is 5.25. The quantitative estimate of drug-likeness (QED) is 0.841. The van der Waals surface area contributed by atoms with Crippen LogP contribution < -0.4 is 4.72 Å². The van der Waals surface area contributed by atoms with E-state index in [4.69, 9.17) is 5.26 Å². The van der Waals surface area contributed by atoms with Crippen molar-refractivity contribution in [3.05, 3.63) is 29.8 Å². The molecule has 0 aliphatic rings. The molecule has 0 amide bonds. The summed E-state index contributed by atoms with van der Waals surface area (Å²) in [6.45, 7) is -0.589. The third kappa shape index (κ3) is 3.18. The molecule has 1 N–H and O–H groups in total. The van der Waals surface area contributed by atoms with E-state index in [0.717, 1.165) is 12.1 Å². The van der Waals surface area contributed by atoms with Crippen LogP contribution in [0.3, 0.4) is 0 Å².